The van der Waals surface area contributed by atoms with Crippen molar-refractivity contribution in [2.45, 2.75) is 59.2 Å². The molecule has 0 spiro atoms. The second kappa shape index (κ2) is 11.9. The van der Waals surface area contributed by atoms with Crippen LogP contribution >= 0.6 is 0 Å². The smallest absolute Gasteiger partial charge is 0.324 e. The summed E-state index contributed by atoms with van der Waals surface area (Å²) in [6, 6.07) is 19.6. The number of aromatic nitrogens is 2. The molecule has 1 aliphatic heterocycles. The van der Waals surface area contributed by atoms with Crippen molar-refractivity contribution in [1.29, 1.82) is 0 Å². The highest BCUT2D eigenvalue weighted by Gasteiger charge is 2.25. The van der Waals surface area contributed by atoms with E-state index in [0.717, 1.165) is 53.0 Å². The molecule has 0 aliphatic carbocycles. The van der Waals surface area contributed by atoms with E-state index in [4.69, 9.17) is 9.47 Å². The first-order valence-electron chi connectivity index (χ1n) is 14.3. The van der Waals surface area contributed by atoms with Crippen LogP contribution in [0.3, 0.4) is 0 Å². The third-order valence-corrected chi connectivity index (χ3v) is 7.38. The monoisotopic (exact) mass is 555 g/mol. The van der Waals surface area contributed by atoms with Crippen molar-refractivity contribution in [1.82, 2.24) is 14.7 Å². The molecular weight excluding hydrogens is 514 g/mol. The van der Waals surface area contributed by atoms with E-state index >= 15 is 0 Å². The van der Waals surface area contributed by atoms with Gasteiger partial charge in [0.2, 0.25) is 0 Å². The van der Waals surface area contributed by atoms with Gasteiger partial charge < -0.3 is 14.8 Å². The molecule has 1 aliphatic rings. The second-order valence-corrected chi connectivity index (χ2v) is 12.0. The minimum atomic E-state index is -0.334. The third kappa shape index (κ3) is 6.72. The predicted octanol–water partition coefficient (Wildman–Crippen LogP) is 6.76. The molecule has 1 saturated heterocycles. The molecule has 0 unspecified atom stereocenters. The molecule has 4 aromatic rings. The van der Waals surface area contributed by atoms with Crippen molar-refractivity contribution in [2.24, 2.45) is 0 Å². The number of carbonyl (C=O) groups is 1. The Morgan fingerprint density at radius 3 is 2.34 bits per heavy atom. The number of fused-ring (bicyclic) bond motifs is 1. The topological polar surface area (TPSA) is 80.7 Å². The lowest BCUT2D eigenvalue weighted by Crippen LogP contribution is -2.46. The minimum Gasteiger partial charge on any atom is -0.492 e. The van der Waals surface area contributed by atoms with Gasteiger partial charge in [-0.2, -0.15) is 5.10 Å². The average molecular weight is 556 g/mol. The lowest BCUT2D eigenvalue weighted by Gasteiger charge is -2.35. The third-order valence-electron chi connectivity index (χ3n) is 7.38. The molecule has 0 saturated carbocycles. The van der Waals surface area contributed by atoms with E-state index in [0.29, 0.717) is 18.1 Å². The first kappa shape index (κ1) is 28.6. The second-order valence-electron chi connectivity index (χ2n) is 12.0. The quantitative estimate of drug-likeness (QED) is 0.263. The van der Waals surface area contributed by atoms with Gasteiger partial charge in [0.1, 0.15) is 18.2 Å². The van der Waals surface area contributed by atoms with E-state index in [1.165, 1.54) is 0 Å². The molecule has 8 heteroatoms. The average Bonchev–Trinajstić information content (AvgIpc) is 3.33. The van der Waals surface area contributed by atoms with Crippen LogP contribution in [0.2, 0.25) is 0 Å². The molecule has 1 aromatic heterocycles. The highest BCUT2D eigenvalue weighted by Crippen LogP contribution is 2.34. The van der Waals surface area contributed by atoms with Gasteiger partial charge in [0.25, 0.3) is 0 Å². The van der Waals surface area contributed by atoms with Gasteiger partial charge in [-0.15, -0.1) is 0 Å². The van der Waals surface area contributed by atoms with E-state index in [2.05, 4.69) is 55.3 Å². The van der Waals surface area contributed by atoms with E-state index in [1.54, 1.807) is 4.68 Å². The Balaban J connectivity index is 1.33. The van der Waals surface area contributed by atoms with Crippen LogP contribution in [0.15, 0.2) is 66.9 Å². The Hall–Kier alpha value is -3.88. The number of carbonyl (C=O) groups excluding carboxylic acids is 1. The fourth-order valence-electron chi connectivity index (χ4n) is 5.42. The van der Waals surface area contributed by atoms with Crippen LogP contribution in [-0.2, 0) is 10.2 Å². The number of urea groups is 1. The van der Waals surface area contributed by atoms with Gasteiger partial charge in [-0.3, -0.25) is 10.2 Å². The van der Waals surface area contributed by atoms with Crippen LogP contribution in [0, 0.1) is 6.92 Å². The molecule has 41 heavy (non-hydrogen) atoms. The molecule has 2 N–H and O–H groups in total. The Bertz CT molecular complexity index is 1500. The number of benzene rings is 3. The molecule has 3 aromatic carbocycles. The number of amides is 2. The van der Waals surface area contributed by atoms with E-state index < -0.39 is 0 Å². The van der Waals surface area contributed by atoms with E-state index in [-0.39, 0.29) is 23.7 Å². The molecular formula is C33H41N5O3. The highest BCUT2D eigenvalue weighted by atomic mass is 16.5. The molecule has 0 bridgehead atoms. The van der Waals surface area contributed by atoms with Crippen LogP contribution in [0.5, 0.6) is 5.75 Å². The number of morpholine rings is 1. The van der Waals surface area contributed by atoms with Gasteiger partial charge in [-0.1, -0.05) is 62.7 Å². The maximum absolute atomic E-state index is 13.4. The molecule has 1 fully saturated rings. The maximum Gasteiger partial charge on any atom is 0.324 e. The number of hydrogen-bond acceptors (Lipinski definition) is 5. The van der Waals surface area contributed by atoms with Crippen LogP contribution in [0.4, 0.5) is 16.3 Å². The molecule has 2 amide bonds. The molecule has 0 radical (unpaired) electrons. The summed E-state index contributed by atoms with van der Waals surface area (Å²) in [5, 5.41) is 12.6. The van der Waals surface area contributed by atoms with Gasteiger partial charge in [0, 0.05) is 36.0 Å². The van der Waals surface area contributed by atoms with Crippen molar-refractivity contribution in [3.63, 3.8) is 0 Å². The lowest BCUT2D eigenvalue weighted by molar-refractivity contribution is -0.0699. The van der Waals surface area contributed by atoms with Crippen molar-refractivity contribution < 1.29 is 14.3 Å². The Labute approximate surface area is 242 Å². The van der Waals surface area contributed by atoms with Crippen LogP contribution in [-0.4, -0.2) is 59.2 Å². The minimum absolute atomic E-state index is 0.214. The number of anilines is 2. The SMILES string of the molecule is Cc1ccc(-n2ncc(C(C)(C)C)c2NC(=O)Nc2ccc(OCCN3C[C@@H](C)O[C@H](C)C3)c3ccccc23)cc1. The summed E-state index contributed by atoms with van der Waals surface area (Å²) in [7, 11) is 0. The fraction of sp³-hybridized carbons (Fsp3) is 0.394. The maximum atomic E-state index is 13.4. The summed E-state index contributed by atoms with van der Waals surface area (Å²) in [5.74, 6) is 1.45. The molecule has 2 atom stereocenters. The van der Waals surface area contributed by atoms with E-state index in [9.17, 15) is 4.79 Å². The van der Waals surface area contributed by atoms with Gasteiger partial charge in [-0.05, 0) is 50.5 Å². The Morgan fingerprint density at radius 2 is 1.66 bits per heavy atom. The summed E-state index contributed by atoms with van der Waals surface area (Å²) in [6.07, 6.45) is 2.28. The van der Waals surface area contributed by atoms with Gasteiger partial charge in [0.05, 0.1) is 29.8 Å². The lowest BCUT2D eigenvalue weighted by atomic mass is 9.89. The first-order chi connectivity index (χ1) is 19.6. The van der Waals surface area contributed by atoms with Gasteiger partial charge >= 0.3 is 6.03 Å². The van der Waals surface area contributed by atoms with Crippen molar-refractivity contribution >= 4 is 28.3 Å². The summed E-state index contributed by atoms with van der Waals surface area (Å²) >= 11 is 0. The van der Waals surface area contributed by atoms with Crippen molar-refractivity contribution in [2.75, 3.05) is 36.9 Å². The van der Waals surface area contributed by atoms with Crippen molar-refractivity contribution in [3.05, 3.63) is 78.0 Å². The number of aryl methyl sites for hydroxylation is 1. The number of nitrogens with zero attached hydrogens (tertiary/aromatic N) is 3. The molecule has 2 heterocycles. The predicted molar refractivity (Wildman–Crippen MR) is 166 cm³/mol. The summed E-state index contributed by atoms with van der Waals surface area (Å²) in [6.45, 7) is 15.8. The number of ether oxygens (including phenoxy) is 2. The fourth-order valence-corrected chi connectivity index (χ4v) is 5.42. The Morgan fingerprint density at radius 1 is 0.976 bits per heavy atom. The molecule has 5 rings (SSSR count). The first-order valence-corrected chi connectivity index (χ1v) is 14.3. The largest absolute Gasteiger partial charge is 0.492 e. The summed E-state index contributed by atoms with van der Waals surface area (Å²) < 4.78 is 13.9. The van der Waals surface area contributed by atoms with Gasteiger partial charge in [-0.25, -0.2) is 9.48 Å². The molecule has 216 valence electrons. The Kier molecular flexibility index (Phi) is 8.33. The zero-order valence-electron chi connectivity index (χ0n) is 24.9. The van der Waals surface area contributed by atoms with Crippen LogP contribution < -0.4 is 15.4 Å². The number of nitrogens with one attached hydrogen (secondary N) is 2. The zero-order chi connectivity index (χ0) is 29.1. The van der Waals surface area contributed by atoms with Crippen molar-refractivity contribution in [3.8, 4) is 11.4 Å². The summed E-state index contributed by atoms with van der Waals surface area (Å²) in [4.78, 5) is 15.8. The van der Waals surface area contributed by atoms with Crippen LogP contribution in [0.25, 0.3) is 16.5 Å². The van der Waals surface area contributed by atoms with Crippen LogP contribution in [0.1, 0.15) is 45.7 Å². The van der Waals surface area contributed by atoms with E-state index in [1.807, 2.05) is 73.8 Å². The summed E-state index contributed by atoms with van der Waals surface area (Å²) in [5.41, 5.74) is 3.49. The van der Waals surface area contributed by atoms with Gasteiger partial charge in [0.15, 0.2) is 0 Å². The molecule has 8 nitrogen and oxygen atoms in total. The highest BCUT2D eigenvalue weighted by molar-refractivity contribution is 6.07. The normalized spacial score (nSPS) is 17.9. The standard InChI is InChI=1S/C33H41N5O3/c1-22-11-13-25(14-12-22)38-31(28(19-34-38)33(4,5)6)36-32(39)35-29-15-16-30(27-10-8-7-9-26(27)29)40-18-17-37-20-23(2)41-24(3)21-37/h7-16,19,23-24H,17-18,20-21H2,1-6H3,(H2,35,36,39)/t23-,24-/m1/s1. The number of hydrogen-bond donors (Lipinski definition) is 2. The zero-order valence-corrected chi connectivity index (χ0v) is 24.9. The number of rotatable bonds is 7.